The van der Waals surface area contributed by atoms with Gasteiger partial charge in [-0.2, -0.15) is 0 Å². The Balaban J connectivity index is 1.76. The van der Waals surface area contributed by atoms with Crippen LogP contribution in [-0.4, -0.2) is 49.0 Å². The second-order valence-electron chi connectivity index (χ2n) is 11.1. The molecule has 1 aliphatic rings. The first kappa shape index (κ1) is 33.5. The van der Waals surface area contributed by atoms with Crippen LogP contribution in [0.15, 0.2) is 63.5 Å². The van der Waals surface area contributed by atoms with Crippen LogP contribution in [0.2, 0.25) is 0 Å². The molecule has 246 valence electrons. The van der Waals surface area contributed by atoms with Crippen molar-refractivity contribution >= 4 is 29.4 Å². The first-order valence-electron chi connectivity index (χ1n) is 15.4. The monoisotopic (exact) mass is 657 g/mol. The number of rotatable bonds is 10. The number of ether oxygens (including phenoxy) is 4. The predicted molar refractivity (Wildman–Crippen MR) is 180 cm³/mol. The van der Waals surface area contributed by atoms with Crippen LogP contribution in [0.25, 0.3) is 11.8 Å². The minimum Gasteiger partial charge on any atom is -0.497 e. The number of hydrogen-bond donors (Lipinski definition) is 0. The zero-order valence-electron chi connectivity index (χ0n) is 27.9. The summed E-state index contributed by atoms with van der Waals surface area (Å²) in [6, 6.07) is 12.0. The number of thiazole rings is 1. The van der Waals surface area contributed by atoms with Crippen molar-refractivity contribution in [3.63, 3.8) is 0 Å². The number of carbonyl (C=O) groups excluding carboxylic acids is 2. The van der Waals surface area contributed by atoms with Gasteiger partial charge in [0, 0.05) is 22.6 Å². The number of methoxy groups -OCH3 is 3. The Morgan fingerprint density at radius 3 is 2.43 bits per heavy atom. The van der Waals surface area contributed by atoms with Crippen molar-refractivity contribution in [1.82, 2.24) is 9.13 Å². The van der Waals surface area contributed by atoms with Crippen LogP contribution in [0.1, 0.15) is 71.2 Å². The zero-order chi connectivity index (χ0) is 34.0. The highest BCUT2D eigenvalue weighted by atomic mass is 32.1. The van der Waals surface area contributed by atoms with Crippen LogP contribution in [0.5, 0.6) is 11.5 Å². The Morgan fingerprint density at radius 2 is 1.77 bits per heavy atom. The van der Waals surface area contributed by atoms with Gasteiger partial charge in [-0.3, -0.25) is 9.36 Å². The lowest BCUT2D eigenvalue weighted by Gasteiger charge is -2.27. The molecule has 0 radical (unpaired) electrons. The summed E-state index contributed by atoms with van der Waals surface area (Å²) in [6.45, 7) is 9.78. The van der Waals surface area contributed by atoms with Gasteiger partial charge in [0.15, 0.2) is 4.80 Å². The molecule has 1 aliphatic heterocycles. The summed E-state index contributed by atoms with van der Waals surface area (Å²) in [7, 11) is 4.48. The van der Waals surface area contributed by atoms with Gasteiger partial charge in [0.1, 0.15) is 17.5 Å². The SMILES string of the molecule is CCCC1=C(C(=O)OCC)[C@H](c2cc(OC)ccc2OC)n2c(s/c(=C\c3cc(C)n(-c4cccc(C(=O)OC)c4C)c3C)c2=O)=N1. The van der Waals surface area contributed by atoms with Crippen molar-refractivity contribution in [2.24, 2.45) is 4.99 Å². The van der Waals surface area contributed by atoms with E-state index in [0.717, 1.165) is 34.6 Å². The molecule has 0 unspecified atom stereocenters. The fourth-order valence-electron chi connectivity index (χ4n) is 6.11. The standard InChI is InChI=1S/C36H39N3O7S/c1-9-12-27-31(35(42)46-10-2)32(26-19-24(43-6)15-16-29(26)44-7)39-33(40)30(47-36(39)37-27)18-23-17-20(3)38(22(23)5)28-14-11-13-25(21(28)4)34(41)45-8/h11,13-19,32H,9-10,12H2,1-8H3/b30-18-/t32-/m0/s1. The number of hydrogen-bond acceptors (Lipinski definition) is 9. The topological polar surface area (TPSA) is 110 Å². The summed E-state index contributed by atoms with van der Waals surface area (Å²) < 4.78 is 25.9. The van der Waals surface area contributed by atoms with Gasteiger partial charge < -0.3 is 23.5 Å². The number of aromatic nitrogens is 2. The molecule has 10 nitrogen and oxygen atoms in total. The van der Waals surface area contributed by atoms with Crippen LogP contribution < -0.4 is 24.4 Å². The first-order valence-corrected chi connectivity index (χ1v) is 16.2. The molecular weight excluding hydrogens is 618 g/mol. The lowest BCUT2D eigenvalue weighted by atomic mass is 9.93. The Hall–Kier alpha value is -4.90. The zero-order valence-corrected chi connectivity index (χ0v) is 28.7. The van der Waals surface area contributed by atoms with E-state index in [4.69, 9.17) is 23.9 Å². The van der Waals surface area contributed by atoms with E-state index in [1.807, 2.05) is 52.0 Å². The van der Waals surface area contributed by atoms with Gasteiger partial charge in [-0.1, -0.05) is 30.7 Å². The lowest BCUT2D eigenvalue weighted by Crippen LogP contribution is -2.40. The molecule has 11 heteroatoms. The van der Waals surface area contributed by atoms with E-state index in [-0.39, 0.29) is 12.2 Å². The van der Waals surface area contributed by atoms with E-state index in [1.54, 1.807) is 50.0 Å². The summed E-state index contributed by atoms with van der Waals surface area (Å²) in [4.78, 5) is 45.8. The van der Waals surface area contributed by atoms with E-state index < -0.39 is 18.0 Å². The average molecular weight is 658 g/mol. The molecule has 0 spiro atoms. The second kappa shape index (κ2) is 13.8. The first-order chi connectivity index (χ1) is 22.6. The summed E-state index contributed by atoms with van der Waals surface area (Å²) in [5.74, 6) is 0.120. The van der Waals surface area contributed by atoms with Gasteiger partial charge in [0.2, 0.25) is 0 Å². The largest absolute Gasteiger partial charge is 0.497 e. The van der Waals surface area contributed by atoms with Crippen molar-refractivity contribution in [2.75, 3.05) is 27.9 Å². The fourth-order valence-corrected chi connectivity index (χ4v) is 7.12. The van der Waals surface area contributed by atoms with Crippen molar-refractivity contribution in [2.45, 2.75) is 53.5 Å². The van der Waals surface area contributed by atoms with E-state index >= 15 is 0 Å². The smallest absolute Gasteiger partial charge is 0.338 e. The molecule has 0 aliphatic carbocycles. The maximum Gasteiger partial charge on any atom is 0.338 e. The van der Waals surface area contributed by atoms with E-state index in [9.17, 15) is 14.4 Å². The van der Waals surface area contributed by atoms with Gasteiger partial charge in [-0.25, -0.2) is 14.6 Å². The molecule has 47 heavy (non-hydrogen) atoms. The minimum absolute atomic E-state index is 0.172. The third-order valence-corrected chi connectivity index (χ3v) is 9.31. The third kappa shape index (κ3) is 6.03. The second-order valence-corrected chi connectivity index (χ2v) is 12.1. The Labute approximate surface area is 277 Å². The van der Waals surface area contributed by atoms with E-state index in [0.29, 0.717) is 49.7 Å². The number of benzene rings is 2. The molecule has 5 rings (SSSR count). The van der Waals surface area contributed by atoms with Crippen LogP contribution in [0, 0.1) is 20.8 Å². The van der Waals surface area contributed by atoms with Crippen LogP contribution in [-0.2, 0) is 14.3 Å². The van der Waals surface area contributed by atoms with E-state index in [2.05, 4.69) is 4.57 Å². The lowest BCUT2D eigenvalue weighted by molar-refractivity contribution is -0.139. The van der Waals surface area contributed by atoms with Gasteiger partial charge in [-0.15, -0.1) is 0 Å². The highest BCUT2D eigenvalue weighted by Crippen LogP contribution is 2.39. The summed E-state index contributed by atoms with van der Waals surface area (Å²) in [5.41, 5.74) is 5.95. The average Bonchev–Trinajstić information content (AvgIpc) is 3.52. The van der Waals surface area contributed by atoms with Crippen LogP contribution in [0.3, 0.4) is 0 Å². The highest BCUT2D eigenvalue weighted by molar-refractivity contribution is 7.07. The number of aryl methyl sites for hydroxylation is 1. The molecule has 3 heterocycles. The highest BCUT2D eigenvalue weighted by Gasteiger charge is 2.36. The van der Waals surface area contributed by atoms with Gasteiger partial charge >= 0.3 is 11.9 Å². The Bertz CT molecular complexity index is 2080. The maximum atomic E-state index is 14.4. The molecule has 0 N–H and O–H groups in total. The number of carbonyl (C=O) groups is 2. The third-order valence-electron chi connectivity index (χ3n) is 8.33. The summed E-state index contributed by atoms with van der Waals surface area (Å²) in [6.07, 6.45) is 3.11. The normalized spacial score (nSPS) is 14.5. The quantitative estimate of drug-likeness (QED) is 0.218. The molecule has 1 atom stereocenters. The fraction of sp³-hybridized carbons (Fsp3) is 0.333. The van der Waals surface area contributed by atoms with Gasteiger partial charge in [0.05, 0.1) is 49.3 Å². The minimum atomic E-state index is -0.852. The molecule has 2 aromatic heterocycles. The Kier molecular flexibility index (Phi) is 9.85. The van der Waals surface area contributed by atoms with Crippen LogP contribution >= 0.6 is 11.3 Å². The molecule has 4 aromatic rings. The van der Waals surface area contributed by atoms with Gasteiger partial charge in [0.25, 0.3) is 5.56 Å². The number of esters is 2. The molecule has 0 saturated carbocycles. The van der Waals surface area contributed by atoms with Crippen molar-refractivity contribution in [3.8, 4) is 17.2 Å². The molecule has 2 aromatic carbocycles. The van der Waals surface area contributed by atoms with Crippen molar-refractivity contribution < 1.29 is 28.5 Å². The maximum absolute atomic E-state index is 14.4. The number of nitrogens with zero attached hydrogens (tertiary/aromatic N) is 3. The Morgan fingerprint density at radius 1 is 1.00 bits per heavy atom. The molecule has 0 bridgehead atoms. The molecular formula is C36H39N3O7S. The predicted octanol–water partition coefficient (Wildman–Crippen LogP) is 5.10. The summed E-state index contributed by atoms with van der Waals surface area (Å²) in [5, 5.41) is 0. The molecule has 0 saturated heterocycles. The van der Waals surface area contributed by atoms with Crippen molar-refractivity contribution in [3.05, 3.63) is 107 Å². The van der Waals surface area contributed by atoms with E-state index in [1.165, 1.54) is 18.4 Å². The van der Waals surface area contributed by atoms with Crippen LogP contribution in [0.4, 0.5) is 0 Å². The number of fused-ring (bicyclic) bond motifs is 1. The van der Waals surface area contributed by atoms with Crippen molar-refractivity contribution in [1.29, 1.82) is 0 Å². The number of allylic oxidation sites excluding steroid dienone is 1. The van der Waals surface area contributed by atoms with Gasteiger partial charge in [-0.05, 0) is 87.7 Å². The molecule has 0 fully saturated rings. The summed E-state index contributed by atoms with van der Waals surface area (Å²) >= 11 is 1.27. The molecule has 0 amide bonds.